The predicted octanol–water partition coefficient (Wildman–Crippen LogP) is 4.68. The van der Waals surface area contributed by atoms with E-state index in [1.54, 1.807) is 0 Å². The number of nitrogens with zero attached hydrogens (tertiary/aromatic N) is 2. The lowest BCUT2D eigenvalue weighted by Crippen LogP contribution is -2.46. The first-order chi connectivity index (χ1) is 10.6. The summed E-state index contributed by atoms with van der Waals surface area (Å²) in [6, 6.07) is 11.4. The first kappa shape index (κ1) is 17.5. The third kappa shape index (κ3) is 3.55. The van der Waals surface area contributed by atoms with Crippen LogP contribution in [0.3, 0.4) is 0 Å². The summed E-state index contributed by atoms with van der Waals surface area (Å²) in [4.78, 5) is 5.38. The van der Waals surface area contributed by atoms with Crippen LogP contribution in [0.4, 0.5) is 0 Å². The average molecular weight is 303 g/mol. The van der Waals surface area contributed by atoms with E-state index in [9.17, 15) is 0 Å². The van der Waals surface area contributed by atoms with E-state index in [2.05, 4.69) is 61.8 Å². The summed E-state index contributed by atoms with van der Waals surface area (Å²) in [5, 5.41) is 0. The van der Waals surface area contributed by atoms with Crippen molar-refractivity contribution in [1.29, 1.82) is 0 Å². The van der Waals surface area contributed by atoms with Crippen LogP contribution in [-0.4, -0.2) is 41.5 Å². The van der Waals surface area contributed by atoms with Gasteiger partial charge in [-0.3, -0.25) is 9.80 Å². The maximum absolute atomic E-state index is 2.73. The fourth-order valence-corrected chi connectivity index (χ4v) is 3.74. The van der Waals surface area contributed by atoms with Gasteiger partial charge in [0.25, 0.3) is 0 Å². The highest BCUT2D eigenvalue weighted by molar-refractivity contribution is 5.28. The smallest absolute Gasteiger partial charge is 0.0324 e. The zero-order chi connectivity index (χ0) is 16.3. The molecule has 1 aromatic carbocycles. The minimum atomic E-state index is 0.558. The fraction of sp³-hybridized carbons (Fsp3) is 0.700. The summed E-state index contributed by atoms with van der Waals surface area (Å²) in [6.45, 7) is 16.9. The van der Waals surface area contributed by atoms with Gasteiger partial charge in [-0.1, -0.05) is 58.9 Å². The van der Waals surface area contributed by atoms with Gasteiger partial charge < -0.3 is 0 Å². The predicted molar refractivity (Wildman–Crippen MR) is 96.4 cm³/mol. The molecule has 2 fully saturated rings. The quantitative estimate of drug-likeness (QED) is 0.797. The highest BCUT2D eigenvalue weighted by atomic mass is 15.4. The maximum atomic E-state index is 2.73. The lowest BCUT2D eigenvalue weighted by Gasteiger charge is -2.37. The Kier molecular flexibility index (Phi) is 6.05. The Labute approximate surface area is 137 Å². The van der Waals surface area contributed by atoms with E-state index in [0.717, 1.165) is 12.1 Å². The number of likely N-dealkylation sites (N-methyl/N-ethyl adjacent to an activating group) is 1. The summed E-state index contributed by atoms with van der Waals surface area (Å²) in [5.74, 6) is 0.618. The second-order valence-corrected chi connectivity index (χ2v) is 6.74. The highest BCUT2D eigenvalue weighted by Gasteiger charge is 2.49. The summed E-state index contributed by atoms with van der Waals surface area (Å²) < 4.78 is 0. The molecule has 3 unspecified atom stereocenters. The number of fused-ring (bicyclic) bond motifs is 1. The van der Waals surface area contributed by atoms with Crippen LogP contribution in [0, 0.1) is 0 Å². The summed E-state index contributed by atoms with van der Waals surface area (Å²) in [6.07, 6.45) is 1.38. The van der Waals surface area contributed by atoms with Crippen molar-refractivity contribution in [3.8, 4) is 0 Å². The Hall–Kier alpha value is -0.860. The van der Waals surface area contributed by atoms with Gasteiger partial charge in [-0.25, -0.2) is 0 Å². The lowest BCUT2D eigenvalue weighted by atomic mass is 9.97. The number of benzene rings is 1. The van der Waals surface area contributed by atoms with Crippen LogP contribution in [0.1, 0.15) is 71.0 Å². The largest absolute Gasteiger partial charge is 0.298 e. The van der Waals surface area contributed by atoms with Gasteiger partial charge in [-0.15, -0.1) is 0 Å². The van der Waals surface area contributed by atoms with E-state index in [1.165, 1.54) is 37.2 Å². The van der Waals surface area contributed by atoms with Crippen molar-refractivity contribution in [2.24, 2.45) is 0 Å². The molecule has 1 saturated carbocycles. The van der Waals surface area contributed by atoms with Gasteiger partial charge >= 0.3 is 0 Å². The van der Waals surface area contributed by atoms with Crippen molar-refractivity contribution < 1.29 is 0 Å². The van der Waals surface area contributed by atoms with Crippen LogP contribution in [0.2, 0.25) is 0 Å². The molecule has 3 atom stereocenters. The topological polar surface area (TPSA) is 6.48 Å². The zero-order valence-corrected chi connectivity index (χ0v) is 15.3. The molecule has 1 saturated heterocycles. The first-order valence-electron chi connectivity index (χ1n) is 9.21. The summed E-state index contributed by atoms with van der Waals surface area (Å²) in [7, 11) is 0. The molecular formula is C20H34N2. The minimum Gasteiger partial charge on any atom is -0.298 e. The Morgan fingerprint density at radius 1 is 1.05 bits per heavy atom. The summed E-state index contributed by atoms with van der Waals surface area (Å²) >= 11 is 0. The van der Waals surface area contributed by atoms with Crippen LogP contribution in [-0.2, 0) is 0 Å². The van der Waals surface area contributed by atoms with Crippen LogP contribution < -0.4 is 0 Å². The van der Waals surface area contributed by atoms with Gasteiger partial charge in [-0.2, -0.15) is 0 Å². The third-order valence-corrected chi connectivity index (χ3v) is 5.23. The van der Waals surface area contributed by atoms with E-state index >= 15 is 0 Å². The average Bonchev–Trinajstić information content (AvgIpc) is 3.36. The van der Waals surface area contributed by atoms with Gasteiger partial charge in [0.05, 0.1) is 0 Å². The Balaban J connectivity index is 0.000000847. The molecule has 1 aliphatic heterocycles. The van der Waals surface area contributed by atoms with Gasteiger partial charge in [0, 0.05) is 31.2 Å². The Morgan fingerprint density at radius 2 is 1.73 bits per heavy atom. The molecular weight excluding hydrogens is 268 g/mol. The van der Waals surface area contributed by atoms with Crippen molar-refractivity contribution in [1.82, 2.24) is 9.80 Å². The molecule has 1 aliphatic carbocycles. The summed E-state index contributed by atoms with van der Waals surface area (Å²) in [5.41, 5.74) is 2.96. The Bertz CT molecular complexity index is 469. The van der Waals surface area contributed by atoms with Crippen LogP contribution in [0.15, 0.2) is 24.3 Å². The molecule has 0 spiro atoms. The lowest BCUT2D eigenvalue weighted by molar-refractivity contribution is 0.102. The van der Waals surface area contributed by atoms with Crippen molar-refractivity contribution in [2.45, 2.75) is 72.0 Å². The molecule has 0 aromatic heterocycles. The van der Waals surface area contributed by atoms with Gasteiger partial charge in [0.2, 0.25) is 0 Å². The van der Waals surface area contributed by atoms with Gasteiger partial charge in [0.1, 0.15) is 0 Å². The fourth-order valence-electron chi connectivity index (χ4n) is 3.74. The maximum Gasteiger partial charge on any atom is 0.0324 e. The van der Waals surface area contributed by atoms with E-state index in [0.29, 0.717) is 12.0 Å². The molecule has 22 heavy (non-hydrogen) atoms. The molecule has 1 aromatic rings. The molecule has 2 nitrogen and oxygen atoms in total. The van der Waals surface area contributed by atoms with E-state index in [4.69, 9.17) is 0 Å². The molecule has 124 valence electrons. The molecule has 0 bridgehead atoms. The second kappa shape index (κ2) is 7.61. The monoisotopic (exact) mass is 302 g/mol. The number of hydrogen-bond donors (Lipinski definition) is 0. The molecule has 3 rings (SSSR count). The number of piperazine rings is 1. The zero-order valence-electron chi connectivity index (χ0n) is 15.3. The molecule has 0 N–H and O–H groups in total. The van der Waals surface area contributed by atoms with Gasteiger partial charge in [-0.05, 0) is 36.9 Å². The molecule has 2 aliphatic rings. The van der Waals surface area contributed by atoms with Crippen LogP contribution in [0.25, 0.3) is 0 Å². The molecule has 1 heterocycles. The van der Waals surface area contributed by atoms with Crippen LogP contribution >= 0.6 is 0 Å². The van der Waals surface area contributed by atoms with Crippen molar-refractivity contribution in [3.05, 3.63) is 35.4 Å². The van der Waals surface area contributed by atoms with E-state index in [-0.39, 0.29) is 0 Å². The first-order valence-corrected chi connectivity index (χ1v) is 9.21. The Morgan fingerprint density at radius 3 is 2.36 bits per heavy atom. The number of rotatable bonds is 4. The highest BCUT2D eigenvalue weighted by Crippen LogP contribution is 2.41. The van der Waals surface area contributed by atoms with Crippen molar-refractivity contribution in [3.63, 3.8) is 0 Å². The third-order valence-electron chi connectivity index (χ3n) is 5.23. The van der Waals surface area contributed by atoms with E-state index < -0.39 is 0 Å². The normalized spacial score (nSPS) is 26.1. The van der Waals surface area contributed by atoms with Crippen molar-refractivity contribution >= 4 is 0 Å². The number of hydrogen-bond acceptors (Lipinski definition) is 2. The standard InChI is InChI=1S/C18H28N2.C2H6/c1-5-19-9-10-20(18-12-17(18)19)14(4)16-8-6-7-15(11-16)13(2)3;1-2/h6-8,11,13-14,17-18H,5,9-10,12H2,1-4H3;1-2H3. The molecule has 0 radical (unpaired) electrons. The van der Waals surface area contributed by atoms with E-state index in [1.807, 2.05) is 13.8 Å². The minimum absolute atomic E-state index is 0.558. The van der Waals surface area contributed by atoms with Crippen molar-refractivity contribution in [2.75, 3.05) is 19.6 Å². The van der Waals surface area contributed by atoms with Gasteiger partial charge in [0.15, 0.2) is 0 Å². The molecule has 2 heteroatoms. The second-order valence-electron chi connectivity index (χ2n) is 6.74. The van der Waals surface area contributed by atoms with Crippen LogP contribution in [0.5, 0.6) is 0 Å². The molecule has 0 amide bonds. The SMILES string of the molecule is CC.CCN1CCN(C(C)c2cccc(C(C)C)c2)C2CC21.